The van der Waals surface area contributed by atoms with Crippen LogP contribution in [0.4, 0.5) is 0 Å². The third-order valence-corrected chi connectivity index (χ3v) is 2.28. The Bertz CT molecular complexity index is 365. The molecule has 1 aliphatic heterocycles. The molecule has 1 aromatic rings. The minimum Gasteiger partial charge on any atom is -0.483 e. The van der Waals surface area contributed by atoms with Crippen molar-refractivity contribution < 1.29 is 13.9 Å². The highest BCUT2D eigenvalue weighted by atomic mass is 79.9. The van der Waals surface area contributed by atoms with Crippen molar-refractivity contribution >= 4 is 21.7 Å². The molecule has 0 saturated carbocycles. The average Bonchev–Trinajstić information content (AvgIpc) is 2.27. The van der Waals surface area contributed by atoms with E-state index >= 15 is 0 Å². The first kappa shape index (κ1) is 8.81. The largest absolute Gasteiger partial charge is 0.483 e. The van der Waals surface area contributed by atoms with Crippen molar-refractivity contribution in [2.45, 2.75) is 25.9 Å². The van der Waals surface area contributed by atoms with E-state index in [1.165, 1.54) is 0 Å². The van der Waals surface area contributed by atoms with Crippen LogP contribution in [0, 0.1) is 0 Å². The summed E-state index contributed by atoms with van der Waals surface area (Å²) in [6.45, 7) is 3.77. The second-order valence-corrected chi connectivity index (χ2v) is 4.49. The number of ketones is 1. The lowest BCUT2D eigenvalue weighted by Crippen LogP contribution is -2.35. The Kier molecular flexibility index (Phi) is 1.77. The van der Waals surface area contributed by atoms with Crippen LogP contribution in [0.25, 0.3) is 0 Å². The van der Waals surface area contributed by atoms with Crippen molar-refractivity contribution in [3.8, 4) is 5.75 Å². The maximum absolute atomic E-state index is 11.5. The van der Waals surface area contributed by atoms with Gasteiger partial charge in [-0.2, -0.15) is 0 Å². The molecule has 0 aliphatic carbocycles. The fraction of sp³-hybridized carbons (Fsp3) is 0.444. The van der Waals surface area contributed by atoms with E-state index in [-0.39, 0.29) is 5.78 Å². The predicted octanol–water partition coefficient (Wildman–Crippen LogP) is 2.79. The molecular formula is C9H9BrO3. The van der Waals surface area contributed by atoms with E-state index in [4.69, 9.17) is 9.15 Å². The lowest BCUT2D eigenvalue weighted by atomic mass is 9.97. The van der Waals surface area contributed by atoms with Crippen molar-refractivity contribution in [3.05, 3.63) is 16.5 Å². The van der Waals surface area contributed by atoms with Crippen molar-refractivity contribution in [1.29, 1.82) is 0 Å². The number of halogens is 1. The summed E-state index contributed by atoms with van der Waals surface area (Å²) in [5.74, 6) is 0.858. The van der Waals surface area contributed by atoms with Gasteiger partial charge in [0.1, 0.15) is 5.60 Å². The molecule has 0 amide bonds. The Labute approximate surface area is 84.2 Å². The molecule has 0 saturated heterocycles. The molecular weight excluding hydrogens is 236 g/mol. The highest BCUT2D eigenvalue weighted by Gasteiger charge is 2.35. The van der Waals surface area contributed by atoms with Gasteiger partial charge in [-0.05, 0) is 29.8 Å². The zero-order valence-electron chi connectivity index (χ0n) is 7.39. The highest BCUT2D eigenvalue weighted by molar-refractivity contribution is 9.10. The molecule has 1 aliphatic rings. The molecule has 2 heterocycles. The Hall–Kier alpha value is -0.770. The van der Waals surface area contributed by atoms with Crippen LogP contribution in [-0.2, 0) is 0 Å². The molecule has 0 aromatic carbocycles. The number of fused-ring (bicyclic) bond motifs is 1. The Balaban J connectivity index is 2.48. The van der Waals surface area contributed by atoms with E-state index in [0.29, 0.717) is 22.6 Å². The van der Waals surface area contributed by atoms with Gasteiger partial charge < -0.3 is 9.15 Å². The average molecular weight is 245 g/mol. The number of hydrogen-bond donors (Lipinski definition) is 0. The molecule has 0 unspecified atom stereocenters. The van der Waals surface area contributed by atoms with Crippen molar-refractivity contribution in [3.63, 3.8) is 0 Å². The maximum Gasteiger partial charge on any atom is 0.213 e. The van der Waals surface area contributed by atoms with Gasteiger partial charge in [0.15, 0.2) is 10.4 Å². The van der Waals surface area contributed by atoms with E-state index in [9.17, 15) is 4.79 Å². The number of carbonyl (C=O) groups excluding carboxylic acids is 1. The lowest BCUT2D eigenvalue weighted by Gasteiger charge is -2.28. The third-order valence-electron chi connectivity index (χ3n) is 1.89. The molecule has 0 N–H and O–H groups in total. The first-order valence-electron chi connectivity index (χ1n) is 3.99. The molecule has 70 valence electrons. The quantitative estimate of drug-likeness (QED) is 0.705. The van der Waals surface area contributed by atoms with E-state index in [1.54, 1.807) is 6.07 Å². The first-order chi connectivity index (χ1) is 5.98. The fourth-order valence-electron chi connectivity index (χ4n) is 1.42. The maximum atomic E-state index is 11.5. The summed E-state index contributed by atoms with van der Waals surface area (Å²) in [5, 5.41) is 0. The van der Waals surface area contributed by atoms with Gasteiger partial charge >= 0.3 is 0 Å². The third kappa shape index (κ3) is 1.50. The molecule has 0 fully saturated rings. The van der Waals surface area contributed by atoms with E-state index < -0.39 is 5.60 Å². The van der Waals surface area contributed by atoms with Crippen molar-refractivity contribution in [2.24, 2.45) is 0 Å². The SMILES string of the molecule is CC1(C)CC(=O)c2oc(Br)cc2O1. The van der Waals surface area contributed by atoms with Gasteiger partial charge in [0.05, 0.1) is 6.42 Å². The summed E-state index contributed by atoms with van der Waals surface area (Å²) in [7, 11) is 0. The minimum absolute atomic E-state index is 0.00282. The summed E-state index contributed by atoms with van der Waals surface area (Å²) in [6.07, 6.45) is 0.361. The van der Waals surface area contributed by atoms with Crippen LogP contribution < -0.4 is 4.74 Å². The van der Waals surface area contributed by atoms with Crippen LogP contribution in [0.3, 0.4) is 0 Å². The molecule has 13 heavy (non-hydrogen) atoms. The molecule has 0 spiro atoms. The van der Waals surface area contributed by atoms with Gasteiger partial charge in [-0.25, -0.2) is 0 Å². The molecule has 3 nitrogen and oxygen atoms in total. The normalized spacial score (nSPS) is 19.5. The van der Waals surface area contributed by atoms with Crippen LogP contribution in [0.2, 0.25) is 0 Å². The second kappa shape index (κ2) is 2.61. The highest BCUT2D eigenvalue weighted by Crippen LogP contribution is 2.36. The van der Waals surface area contributed by atoms with Crippen LogP contribution >= 0.6 is 15.9 Å². The van der Waals surface area contributed by atoms with Crippen LogP contribution in [-0.4, -0.2) is 11.4 Å². The Morgan fingerprint density at radius 2 is 2.23 bits per heavy atom. The zero-order chi connectivity index (χ0) is 9.64. The molecule has 4 heteroatoms. The van der Waals surface area contributed by atoms with Gasteiger partial charge in [-0.1, -0.05) is 0 Å². The van der Waals surface area contributed by atoms with Gasteiger partial charge in [-0.3, -0.25) is 4.79 Å². The van der Waals surface area contributed by atoms with E-state index in [1.807, 2.05) is 13.8 Å². The van der Waals surface area contributed by atoms with Gasteiger partial charge in [0.2, 0.25) is 11.5 Å². The van der Waals surface area contributed by atoms with Gasteiger partial charge in [0, 0.05) is 6.07 Å². The van der Waals surface area contributed by atoms with Crippen molar-refractivity contribution in [2.75, 3.05) is 0 Å². The smallest absolute Gasteiger partial charge is 0.213 e. The number of Topliss-reactive ketones (excluding diaryl/α,β-unsaturated/α-hetero) is 1. The number of carbonyl (C=O) groups is 1. The topological polar surface area (TPSA) is 39.4 Å². The Morgan fingerprint density at radius 3 is 2.92 bits per heavy atom. The fourth-order valence-corrected chi connectivity index (χ4v) is 1.79. The standard InChI is InChI=1S/C9H9BrO3/c1-9(2)4-5(11)8-6(13-9)3-7(10)12-8/h3H,4H2,1-2H3. The van der Waals surface area contributed by atoms with E-state index in [0.717, 1.165) is 0 Å². The van der Waals surface area contributed by atoms with Gasteiger partial charge in [0.25, 0.3) is 0 Å². The number of furan rings is 1. The summed E-state index contributed by atoms with van der Waals surface area (Å²) in [6, 6.07) is 1.67. The first-order valence-corrected chi connectivity index (χ1v) is 4.79. The molecule has 1 aromatic heterocycles. The number of ether oxygens (including phenoxy) is 1. The predicted molar refractivity (Wildman–Crippen MR) is 50.1 cm³/mol. The summed E-state index contributed by atoms with van der Waals surface area (Å²) >= 11 is 3.16. The van der Waals surface area contributed by atoms with E-state index in [2.05, 4.69) is 15.9 Å². The lowest BCUT2D eigenvalue weighted by molar-refractivity contribution is 0.0577. The number of hydrogen-bond acceptors (Lipinski definition) is 3. The van der Waals surface area contributed by atoms with Crippen LogP contribution in [0.5, 0.6) is 5.75 Å². The number of rotatable bonds is 0. The molecule has 0 bridgehead atoms. The summed E-state index contributed by atoms with van der Waals surface area (Å²) in [4.78, 5) is 11.5. The zero-order valence-corrected chi connectivity index (χ0v) is 8.97. The molecule has 0 atom stereocenters. The summed E-state index contributed by atoms with van der Waals surface area (Å²) < 4.78 is 11.3. The minimum atomic E-state index is -0.423. The summed E-state index contributed by atoms with van der Waals surface area (Å²) in [5.41, 5.74) is -0.423. The Morgan fingerprint density at radius 1 is 1.54 bits per heavy atom. The monoisotopic (exact) mass is 244 g/mol. The van der Waals surface area contributed by atoms with Crippen LogP contribution in [0.15, 0.2) is 15.2 Å². The molecule has 0 radical (unpaired) electrons. The van der Waals surface area contributed by atoms with Gasteiger partial charge in [-0.15, -0.1) is 0 Å². The van der Waals surface area contributed by atoms with Crippen molar-refractivity contribution in [1.82, 2.24) is 0 Å². The van der Waals surface area contributed by atoms with Crippen LogP contribution in [0.1, 0.15) is 30.8 Å². The molecule has 2 rings (SSSR count). The second-order valence-electron chi connectivity index (χ2n) is 3.71.